The molecule has 0 spiro atoms. The zero-order chi connectivity index (χ0) is 28.0. The monoisotopic (exact) mass is 515 g/mol. The number of fused-ring (bicyclic) bond motifs is 1. The topological polar surface area (TPSA) is 212 Å². The number of hydrogen-bond acceptors (Lipinski definition) is 10. The Morgan fingerprint density at radius 2 is 1.49 bits per heavy atom. The molecule has 3 atom stereocenters. The van der Waals surface area contributed by atoms with Crippen LogP contribution in [0.3, 0.4) is 0 Å². The van der Waals surface area contributed by atoms with E-state index in [1.807, 2.05) is 13.8 Å². The van der Waals surface area contributed by atoms with Gasteiger partial charge in [-0.3, -0.25) is 14.4 Å². The maximum atomic E-state index is 13.8. The lowest BCUT2D eigenvalue weighted by Gasteiger charge is -2.21. The Balaban J connectivity index is 2.90. The van der Waals surface area contributed by atoms with E-state index in [0.717, 1.165) is 0 Å². The summed E-state index contributed by atoms with van der Waals surface area (Å²) in [4.78, 5) is 53.4. The molecule has 1 heterocycles. The molecule has 2 aromatic rings. The van der Waals surface area contributed by atoms with Gasteiger partial charge in [0.25, 0.3) is 0 Å². The predicted molar refractivity (Wildman–Crippen MR) is 144 cm³/mol. The van der Waals surface area contributed by atoms with Crippen LogP contribution in [-0.2, 0) is 6.54 Å². The third kappa shape index (κ3) is 6.77. The van der Waals surface area contributed by atoms with E-state index in [9.17, 15) is 19.2 Å². The molecular formula is C27H41N5O5. The van der Waals surface area contributed by atoms with Gasteiger partial charge in [0.2, 0.25) is 0 Å². The molecule has 0 bridgehead atoms. The minimum atomic E-state index is -0.987. The van der Waals surface area contributed by atoms with Crippen molar-refractivity contribution < 1.29 is 18.8 Å². The van der Waals surface area contributed by atoms with Crippen molar-refractivity contribution in [2.24, 2.45) is 40.5 Å². The summed E-state index contributed by atoms with van der Waals surface area (Å²) < 4.78 is 5.48. The van der Waals surface area contributed by atoms with Crippen LogP contribution >= 0.6 is 0 Å². The molecule has 0 saturated carbocycles. The lowest BCUT2D eigenvalue weighted by Crippen LogP contribution is -2.39. The molecule has 37 heavy (non-hydrogen) atoms. The zero-order valence-corrected chi connectivity index (χ0v) is 22.2. The number of hydrogen-bond donors (Lipinski definition) is 5. The van der Waals surface area contributed by atoms with Crippen LogP contribution in [0.15, 0.2) is 21.3 Å². The molecule has 10 heteroatoms. The summed E-state index contributed by atoms with van der Waals surface area (Å²) >= 11 is 0. The molecule has 0 aliphatic rings. The highest BCUT2D eigenvalue weighted by Gasteiger charge is 2.32. The highest BCUT2D eigenvalue weighted by Crippen LogP contribution is 2.30. The van der Waals surface area contributed by atoms with Crippen molar-refractivity contribution in [1.29, 1.82) is 0 Å². The Morgan fingerprint density at radius 3 is 2.03 bits per heavy atom. The fourth-order valence-corrected chi connectivity index (χ4v) is 4.39. The second-order valence-corrected chi connectivity index (χ2v) is 10.3. The number of ketones is 3. The van der Waals surface area contributed by atoms with Crippen molar-refractivity contribution in [3.8, 4) is 0 Å². The van der Waals surface area contributed by atoms with E-state index < -0.39 is 41.1 Å². The Morgan fingerprint density at radius 1 is 0.865 bits per heavy atom. The summed E-state index contributed by atoms with van der Waals surface area (Å²) in [6.07, 6.45) is 1.93. The van der Waals surface area contributed by atoms with Crippen molar-refractivity contribution >= 4 is 28.3 Å². The fourth-order valence-electron chi connectivity index (χ4n) is 4.39. The van der Waals surface area contributed by atoms with Crippen molar-refractivity contribution in [2.45, 2.75) is 78.0 Å². The standard InChI is InChI=1S/C27H41N5O5/c1-13(2)11-18(31)26(35)21-15(24(33)23(32)14(3)4)8-9-19-20(21)16(12-29)22(27(36)37-19)25(34)17(30)7-5-6-10-28/h8-9,13-14,17-18,23H,5-7,10-12,28-32H2,1-4H3. The van der Waals surface area contributed by atoms with Gasteiger partial charge >= 0.3 is 5.63 Å². The Kier molecular flexibility index (Phi) is 10.8. The summed E-state index contributed by atoms with van der Waals surface area (Å²) in [7, 11) is 0. The van der Waals surface area contributed by atoms with Crippen LogP contribution in [-0.4, -0.2) is 42.0 Å². The van der Waals surface area contributed by atoms with Crippen LogP contribution < -0.4 is 34.3 Å². The van der Waals surface area contributed by atoms with E-state index in [2.05, 4.69) is 0 Å². The average molecular weight is 516 g/mol. The molecule has 3 unspecified atom stereocenters. The molecule has 0 aliphatic heterocycles. The number of benzene rings is 1. The van der Waals surface area contributed by atoms with Gasteiger partial charge in [-0.05, 0) is 55.3 Å². The van der Waals surface area contributed by atoms with Gasteiger partial charge in [-0.15, -0.1) is 0 Å². The SMILES string of the molecule is CC(C)CC(N)C(=O)c1c(C(=O)C(N)C(C)C)ccc2oc(=O)c(C(=O)C(N)CCCCN)c(CN)c12. The van der Waals surface area contributed by atoms with Crippen LogP contribution in [0.1, 0.15) is 90.0 Å². The summed E-state index contributed by atoms with van der Waals surface area (Å²) in [6, 6.07) is 0.00262. The second-order valence-electron chi connectivity index (χ2n) is 10.3. The highest BCUT2D eigenvalue weighted by atomic mass is 16.4. The molecule has 0 radical (unpaired) electrons. The Labute approximate surface area is 217 Å². The van der Waals surface area contributed by atoms with E-state index in [4.69, 9.17) is 33.1 Å². The van der Waals surface area contributed by atoms with Crippen molar-refractivity contribution in [3.63, 3.8) is 0 Å². The van der Waals surface area contributed by atoms with E-state index in [0.29, 0.717) is 32.2 Å². The van der Waals surface area contributed by atoms with E-state index in [1.54, 1.807) is 13.8 Å². The summed E-state index contributed by atoms with van der Waals surface area (Å²) in [5.41, 5.74) is 29.0. The third-order valence-corrected chi connectivity index (χ3v) is 6.53. The number of carbonyl (C=O) groups excluding carboxylic acids is 3. The van der Waals surface area contributed by atoms with Gasteiger partial charge in [0.1, 0.15) is 11.1 Å². The third-order valence-electron chi connectivity index (χ3n) is 6.53. The first-order chi connectivity index (χ1) is 17.4. The summed E-state index contributed by atoms with van der Waals surface area (Å²) in [5, 5.41) is 0.116. The van der Waals surface area contributed by atoms with Crippen molar-refractivity contribution in [2.75, 3.05) is 6.54 Å². The minimum absolute atomic E-state index is 0.0217. The molecule has 204 valence electrons. The summed E-state index contributed by atoms with van der Waals surface area (Å²) in [6.45, 7) is 7.61. The molecule has 10 nitrogen and oxygen atoms in total. The number of rotatable bonds is 14. The van der Waals surface area contributed by atoms with Crippen molar-refractivity contribution in [3.05, 3.63) is 44.8 Å². The second kappa shape index (κ2) is 13.2. The quantitative estimate of drug-likeness (QED) is 0.139. The molecule has 2 rings (SSSR count). The molecule has 0 fully saturated rings. The van der Waals surface area contributed by atoms with Crippen LogP contribution in [0.2, 0.25) is 0 Å². The Bertz CT molecular complexity index is 1200. The molecule has 0 saturated heterocycles. The normalized spacial score (nSPS) is 14.2. The van der Waals surface area contributed by atoms with Gasteiger partial charge in [-0.2, -0.15) is 0 Å². The fraction of sp³-hybridized carbons (Fsp3) is 0.556. The molecule has 0 aliphatic carbocycles. The van der Waals surface area contributed by atoms with E-state index in [-0.39, 0.29) is 51.6 Å². The number of unbranched alkanes of at least 4 members (excludes halogenated alkanes) is 1. The first-order valence-electron chi connectivity index (χ1n) is 12.8. The lowest BCUT2D eigenvalue weighted by atomic mass is 9.84. The maximum Gasteiger partial charge on any atom is 0.347 e. The van der Waals surface area contributed by atoms with Crippen LogP contribution in [0.4, 0.5) is 0 Å². The Hall–Kier alpha value is -2.76. The van der Waals surface area contributed by atoms with Crippen LogP contribution in [0, 0.1) is 11.8 Å². The van der Waals surface area contributed by atoms with Gasteiger partial charge in [0.15, 0.2) is 17.3 Å². The smallest absolute Gasteiger partial charge is 0.347 e. The molecule has 10 N–H and O–H groups in total. The van der Waals surface area contributed by atoms with Crippen LogP contribution in [0.25, 0.3) is 11.0 Å². The summed E-state index contributed by atoms with van der Waals surface area (Å²) in [5.74, 6) is -1.73. The van der Waals surface area contributed by atoms with E-state index in [1.165, 1.54) is 12.1 Å². The molecule has 0 amide bonds. The maximum absolute atomic E-state index is 13.8. The highest BCUT2D eigenvalue weighted by molar-refractivity contribution is 6.20. The van der Waals surface area contributed by atoms with Crippen molar-refractivity contribution in [1.82, 2.24) is 0 Å². The lowest BCUT2D eigenvalue weighted by molar-refractivity contribution is 0.0913. The number of nitrogens with two attached hydrogens (primary N) is 5. The number of carbonyl (C=O) groups is 3. The van der Waals surface area contributed by atoms with Gasteiger partial charge < -0.3 is 33.1 Å². The molecule has 1 aromatic heterocycles. The first kappa shape index (κ1) is 30.5. The largest absolute Gasteiger partial charge is 0.422 e. The predicted octanol–water partition coefficient (Wildman–Crippen LogP) is 1.61. The minimum Gasteiger partial charge on any atom is -0.422 e. The first-order valence-corrected chi connectivity index (χ1v) is 12.8. The zero-order valence-electron chi connectivity index (χ0n) is 22.2. The molecule has 1 aromatic carbocycles. The van der Waals surface area contributed by atoms with E-state index >= 15 is 0 Å². The van der Waals surface area contributed by atoms with Gasteiger partial charge in [0.05, 0.1) is 18.1 Å². The van der Waals surface area contributed by atoms with Gasteiger partial charge in [0, 0.05) is 23.1 Å². The number of Topliss-reactive ketones (excluding diaryl/α,β-unsaturated/α-hetero) is 3. The van der Waals surface area contributed by atoms with Crippen LogP contribution in [0.5, 0.6) is 0 Å². The molecular weight excluding hydrogens is 474 g/mol. The van der Waals surface area contributed by atoms with Gasteiger partial charge in [-0.1, -0.05) is 34.1 Å². The van der Waals surface area contributed by atoms with Gasteiger partial charge in [-0.25, -0.2) is 4.79 Å². The average Bonchev–Trinajstić information content (AvgIpc) is 2.84.